The smallest absolute Gasteiger partial charge is 0.325 e. The van der Waals surface area contributed by atoms with E-state index in [1.165, 1.54) is 68.3 Å². The van der Waals surface area contributed by atoms with Crippen molar-refractivity contribution < 1.29 is 48.8 Å². The predicted molar refractivity (Wildman–Crippen MR) is 235 cm³/mol. The number of nitrogens with zero attached hydrogens (tertiary/aromatic N) is 1. The number of hydrogen-bond donors (Lipinski definition) is 6. The molecule has 2 aliphatic heterocycles. The molecule has 1 saturated carbocycles. The van der Waals surface area contributed by atoms with Gasteiger partial charge in [-0.05, 0) is 80.7 Å². The fraction of sp³-hybridized carbons (Fsp3) is 0.583. The third-order valence-corrected chi connectivity index (χ3v) is 12.2. The van der Waals surface area contributed by atoms with Crippen molar-refractivity contribution in [2.45, 2.75) is 148 Å². The van der Waals surface area contributed by atoms with Crippen molar-refractivity contribution >= 4 is 35.3 Å². The molecule has 1 aliphatic carbocycles. The summed E-state index contributed by atoms with van der Waals surface area (Å²) in [5.41, 5.74) is 3.91. The number of aliphatic hydroxyl groups excluding tert-OH is 2. The molecule has 1 aromatic rings. The van der Waals surface area contributed by atoms with Crippen LogP contribution in [0.1, 0.15) is 123 Å². The minimum Gasteiger partial charge on any atom is -0.508 e. The maximum atomic E-state index is 14.4. The highest BCUT2D eigenvalue weighted by atomic mass is 16.5. The van der Waals surface area contributed by atoms with Crippen LogP contribution >= 0.6 is 0 Å². The van der Waals surface area contributed by atoms with E-state index in [-0.39, 0.29) is 48.7 Å². The molecule has 1 aromatic carbocycles. The number of aromatic hydroxyl groups is 1. The normalized spacial score (nSPS) is 29.2. The SMILES string of the molecule is CC(=O)CC[C@H]1C(=O)N[C@@H](C(C)C)C(=O)NC(c2cccc(O)c2)C(=O)N2CCCC(N2)C(=O)O[C@H](/C(C)=C/C=C/C(=O)CCC2CCCCC2)C/C=C/C=C/[C@H](O)[C@H](C)[C@H]1O. The highest BCUT2D eigenvalue weighted by Crippen LogP contribution is 2.28. The summed E-state index contributed by atoms with van der Waals surface area (Å²) in [5, 5.41) is 39.7. The number of nitrogens with one attached hydrogen (secondary N) is 3. The van der Waals surface area contributed by atoms with Gasteiger partial charge in [0.15, 0.2) is 5.78 Å². The van der Waals surface area contributed by atoms with Crippen LogP contribution in [-0.4, -0.2) is 92.5 Å². The van der Waals surface area contributed by atoms with Crippen LogP contribution in [0.15, 0.2) is 72.4 Å². The second-order valence-electron chi connectivity index (χ2n) is 17.5. The van der Waals surface area contributed by atoms with E-state index in [1.807, 2.05) is 0 Å². The standard InChI is InChI=1S/C48H68N4O10/c1-30(2)42-46(59)50-43(35-18-13-20-37(55)29-35)47(60)52-28-14-21-39(51-52)48(61)62-41(31(3)15-12-19-36(54)26-25-34-16-8-6-9-17-34)23-11-7-10-22-40(56)33(5)44(57)38(45(58)49-42)27-24-32(4)53/h7,10-13,15,18-20,22,29-30,33-34,38-44,51,55-57H,6,8-9,14,16-17,21,23-28H2,1-5H3,(H,49,58)(H,50,59)/b11-7+,19-12+,22-10+,31-15+/t33-,38+,39?,40-,41-,42-,43?,44+/m0/s1. The summed E-state index contributed by atoms with van der Waals surface area (Å²) in [5.74, 6) is -4.97. The zero-order valence-electron chi connectivity index (χ0n) is 37.0. The molecule has 62 heavy (non-hydrogen) atoms. The van der Waals surface area contributed by atoms with Gasteiger partial charge < -0.3 is 35.5 Å². The van der Waals surface area contributed by atoms with Gasteiger partial charge >= 0.3 is 5.97 Å². The first-order valence-corrected chi connectivity index (χ1v) is 22.3. The van der Waals surface area contributed by atoms with E-state index in [9.17, 15) is 44.1 Å². The molecule has 2 fully saturated rings. The summed E-state index contributed by atoms with van der Waals surface area (Å²) in [4.78, 5) is 81.1. The van der Waals surface area contributed by atoms with Gasteiger partial charge in [-0.15, -0.1) is 0 Å². The Balaban J connectivity index is 1.67. The van der Waals surface area contributed by atoms with Crippen molar-refractivity contribution in [1.29, 1.82) is 0 Å². The molecule has 1 saturated heterocycles. The number of cyclic esters (lactones) is 1. The summed E-state index contributed by atoms with van der Waals surface area (Å²) in [6.07, 6.45) is 16.3. The van der Waals surface area contributed by atoms with Crippen molar-refractivity contribution in [2.75, 3.05) is 6.54 Å². The van der Waals surface area contributed by atoms with Gasteiger partial charge in [0.1, 0.15) is 35.8 Å². The van der Waals surface area contributed by atoms with Crippen molar-refractivity contribution in [3.63, 3.8) is 0 Å². The number of fused-ring (bicyclic) bond motifs is 2. The lowest BCUT2D eigenvalue weighted by Gasteiger charge is -2.36. The summed E-state index contributed by atoms with van der Waals surface area (Å²) in [6.45, 7) is 8.33. The molecule has 8 atom stereocenters. The average Bonchev–Trinajstić information content (AvgIpc) is 3.25. The van der Waals surface area contributed by atoms with Crippen molar-refractivity contribution in [3.05, 3.63) is 77.9 Å². The number of esters is 1. The molecule has 14 nitrogen and oxygen atoms in total. The number of benzene rings is 1. The molecule has 3 aliphatic rings. The Bertz CT molecular complexity index is 1830. The first kappa shape index (κ1) is 49.7. The number of Topliss-reactive ketones (excluding diaryl/α,β-unsaturated/α-hetero) is 1. The minimum absolute atomic E-state index is 0.0287. The number of carbonyl (C=O) groups is 6. The number of ether oxygens (including phenoxy) is 1. The topological polar surface area (TPSA) is 212 Å². The van der Waals surface area contributed by atoms with Crippen LogP contribution in [0.2, 0.25) is 0 Å². The lowest BCUT2D eigenvalue weighted by molar-refractivity contribution is -0.156. The van der Waals surface area contributed by atoms with Crippen LogP contribution in [-0.2, 0) is 33.5 Å². The van der Waals surface area contributed by atoms with Crippen LogP contribution in [0.25, 0.3) is 0 Å². The van der Waals surface area contributed by atoms with E-state index in [0.717, 1.165) is 6.42 Å². The van der Waals surface area contributed by atoms with Gasteiger partial charge in [-0.25, -0.2) is 5.43 Å². The van der Waals surface area contributed by atoms with E-state index in [0.29, 0.717) is 30.8 Å². The van der Waals surface area contributed by atoms with E-state index < -0.39 is 77.9 Å². The van der Waals surface area contributed by atoms with Crippen LogP contribution < -0.4 is 16.1 Å². The fourth-order valence-electron chi connectivity index (χ4n) is 8.18. The molecular formula is C48H68N4O10. The molecule has 14 heteroatoms. The molecule has 340 valence electrons. The largest absolute Gasteiger partial charge is 0.508 e. The average molecular weight is 861 g/mol. The third kappa shape index (κ3) is 15.2. The first-order valence-electron chi connectivity index (χ1n) is 22.3. The fourth-order valence-corrected chi connectivity index (χ4v) is 8.18. The maximum Gasteiger partial charge on any atom is 0.325 e. The Hall–Kier alpha value is -4.92. The summed E-state index contributed by atoms with van der Waals surface area (Å²) < 4.78 is 6.08. The Morgan fingerprint density at radius 2 is 1.68 bits per heavy atom. The summed E-state index contributed by atoms with van der Waals surface area (Å²) in [6, 6.07) is 2.34. The number of phenolic OH excluding ortho intramolecular Hbond substituents is 1. The van der Waals surface area contributed by atoms with Gasteiger partial charge in [0, 0.05) is 31.7 Å². The van der Waals surface area contributed by atoms with Crippen LogP contribution in [0.4, 0.5) is 0 Å². The summed E-state index contributed by atoms with van der Waals surface area (Å²) in [7, 11) is 0. The summed E-state index contributed by atoms with van der Waals surface area (Å²) >= 11 is 0. The number of allylic oxidation sites excluding steroid dienone is 5. The number of hydrogen-bond acceptors (Lipinski definition) is 11. The Labute approximate surface area is 366 Å². The monoisotopic (exact) mass is 860 g/mol. The Kier molecular flexibility index (Phi) is 19.8. The van der Waals surface area contributed by atoms with E-state index in [4.69, 9.17) is 4.74 Å². The number of rotatable bonds is 11. The molecule has 2 unspecified atom stereocenters. The quantitative estimate of drug-likeness (QED) is 0.0944. The highest BCUT2D eigenvalue weighted by molar-refractivity contribution is 5.93. The predicted octanol–water partition coefficient (Wildman–Crippen LogP) is 5.39. The molecule has 0 aromatic heterocycles. The van der Waals surface area contributed by atoms with Crippen LogP contribution in [0.3, 0.4) is 0 Å². The van der Waals surface area contributed by atoms with Crippen molar-refractivity contribution in [3.8, 4) is 5.75 Å². The molecule has 3 amide bonds. The van der Waals surface area contributed by atoms with Crippen LogP contribution in [0.5, 0.6) is 5.75 Å². The lowest BCUT2D eigenvalue weighted by atomic mass is 9.84. The second kappa shape index (κ2) is 24.6. The minimum atomic E-state index is -1.42. The first-order chi connectivity index (χ1) is 29.5. The lowest BCUT2D eigenvalue weighted by Crippen LogP contribution is -2.59. The number of ketones is 2. The molecule has 0 spiro atoms. The second-order valence-corrected chi connectivity index (χ2v) is 17.5. The number of aliphatic hydroxyl groups is 2. The van der Waals surface area contributed by atoms with Crippen LogP contribution in [0, 0.1) is 23.7 Å². The number of amides is 3. The molecule has 0 radical (unpaired) electrons. The molecule has 6 N–H and O–H groups in total. The zero-order chi connectivity index (χ0) is 45.3. The van der Waals surface area contributed by atoms with Gasteiger partial charge in [0.2, 0.25) is 11.8 Å². The Morgan fingerprint density at radius 1 is 0.935 bits per heavy atom. The third-order valence-electron chi connectivity index (χ3n) is 12.2. The van der Waals surface area contributed by atoms with Gasteiger partial charge in [-0.3, -0.25) is 29.0 Å². The number of hydrazine groups is 1. The molecule has 2 heterocycles. The molecule has 4 rings (SSSR count). The highest BCUT2D eigenvalue weighted by Gasteiger charge is 2.39. The zero-order valence-corrected chi connectivity index (χ0v) is 37.0. The molecule has 2 bridgehead atoms. The van der Waals surface area contributed by atoms with Crippen molar-refractivity contribution in [2.24, 2.45) is 23.7 Å². The number of carbonyl (C=O) groups excluding carboxylic acids is 6. The van der Waals surface area contributed by atoms with Gasteiger partial charge in [0.25, 0.3) is 5.91 Å². The Morgan fingerprint density at radius 3 is 2.37 bits per heavy atom. The van der Waals surface area contributed by atoms with Gasteiger partial charge in [-0.2, -0.15) is 0 Å². The number of phenols is 1. The van der Waals surface area contributed by atoms with E-state index in [1.54, 1.807) is 70.2 Å². The van der Waals surface area contributed by atoms with E-state index in [2.05, 4.69) is 16.1 Å². The van der Waals surface area contributed by atoms with Gasteiger partial charge in [0.05, 0.1) is 18.1 Å². The molecular weight excluding hydrogens is 793 g/mol. The van der Waals surface area contributed by atoms with E-state index >= 15 is 0 Å². The maximum absolute atomic E-state index is 14.4. The van der Waals surface area contributed by atoms with Crippen molar-refractivity contribution in [1.82, 2.24) is 21.1 Å². The van der Waals surface area contributed by atoms with Gasteiger partial charge in [-0.1, -0.05) is 101 Å².